The van der Waals surface area contributed by atoms with Crippen molar-refractivity contribution in [1.82, 2.24) is 15.0 Å². The van der Waals surface area contributed by atoms with Crippen LogP contribution in [-0.4, -0.2) is 20.1 Å². The van der Waals surface area contributed by atoms with Gasteiger partial charge in [-0.05, 0) is 12.5 Å². The maximum Gasteiger partial charge on any atom is 0.116 e. The lowest BCUT2D eigenvalue weighted by Gasteiger charge is -2.06. The number of rotatable bonds is 2. The van der Waals surface area contributed by atoms with Crippen molar-refractivity contribution in [2.45, 2.75) is 13.5 Å². The zero-order valence-electron chi connectivity index (χ0n) is 8.81. The van der Waals surface area contributed by atoms with Crippen LogP contribution in [0, 0.1) is 6.92 Å². The minimum absolute atomic E-state index is 0.0858. The highest BCUT2D eigenvalue weighted by molar-refractivity contribution is 5.65. The lowest BCUT2D eigenvalue weighted by Crippen LogP contribution is -1.97. The predicted octanol–water partition coefficient (Wildman–Crippen LogP) is 1.28. The Morgan fingerprint density at radius 1 is 1.33 bits per heavy atom. The van der Waals surface area contributed by atoms with Crippen LogP contribution in [0.2, 0.25) is 0 Å². The average Bonchev–Trinajstić information content (AvgIpc) is 2.60. The second-order valence-electron chi connectivity index (χ2n) is 3.48. The molecule has 0 radical (unpaired) electrons. The smallest absolute Gasteiger partial charge is 0.116 e. The van der Waals surface area contributed by atoms with Crippen molar-refractivity contribution in [1.29, 1.82) is 0 Å². The lowest BCUT2D eigenvalue weighted by molar-refractivity contribution is 0.277. The summed E-state index contributed by atoms with van der Waals surface area (Å²) in [5, 5.41) is 17.0. The van der Waals surface area contributed by atoms with E-state index in [0.29, 0.717) is 5.69 Å². The Morgan fingerprint density at radius 3 is 2.73 bits per heavy atom. The van der Waals surface area contributed by atoms with Gasteiger partial charge in [-0.3, -0.25) is 0 Å². The minimum Gasteiger partial charge on any atom is -0.390 e. The second-order valence-corrected chi connectivity index (χ2v) is 3.48. The molecule has 0 aliphatic heterocycles. The van der Waals surface area contributed by atoms with Gasteiger partial charge in [0.1, 0.15) is 5.69 Å². The van der Waals surface area contributed by atoms with Crippen molar-refractivity contribution in [3.8, 4) is 11.3 Å². The van der Waals surface area contributed by atoms with Gasteiger partial charge in [0.2, 0.25) is 0 Å². The maximum absolute atomic E-state index is 9.17. The molecule has 1 heterocycles. The molecule has 0 fully saturated rings. The Labute approximate surface area is 88.2 Å². The molecule has 1 aromatic heterocycles. The molecule has 0 saturated carbocycles. The highest BCUT2D eigenvalue weighted by atomic mass is 16.3. The van der Waals surface area contributed by atoms with Gasteiger partial charge in [-0.2, -0.15) is 0 Å². The summed E-state index contributed by atoms with van der Waals surface area (Å²) in [6.45, 7) is 1.95. The summed E-state index contributed by atoms with van der Waals surface area (Å²) < 4.78 is 1.69. The fourth-order valence-electron chi connectivity index (χ4n) is 1.67. The summed E-state index contributed by atoms with van der Waals surface area (Å²) in [6, 6.07) is 7.99. The van der Waals surface area contributed by atoms with Gasteiger partial charge in [0, 0.05) is 12.6 Å². The van der Waals surface area contributed by atoms with Crippen LogP contribution in [0.3, 0.4) is 0 Å². The molecule has 4 nitrogen and oxygen atoms in total. The highest BCUT2D eigenvalue weighted by Gasteiger charge is 2.13. The van der Waals surface area contributed by atoms with E-state index in [2.05, 4.69) is 10.3 Å². The Balaban J connectivity index is 2.63. The molecule has 0 aliphatic carbocycles. The van der Waals surface area contributed by atoms with E-state index in [9.17, 15) is 0 Å². The third-order valence-electron chi connectivity index (χ3n) is 2.45. The standard InChI is InChI=1S/C11H13N3O/c1-8-5-3-4-6-9(8)11-10(7-15)12-13-14(11)2/h3-6,15H,7H2,1-2H3. The molecule has 15 heavy (non-hydrogen) atoms. The molecule has 0 saturated heterocycles. The number of hydrogen-bond donors (Lipinski definition) is 1. The van der Waals surface area contributed by atoms with Crippen LogP contribution in [-0.2, 0) is 13.7 Å². The van der Waals surface area contributed by atoms with E-state index in [4.69, 9.17) is 5.11 Å². The van der Waals surface area contributed by atoms with Gasteiger partial charge in [0.05, 0.1) is 12.3 Å². The third kappa shape index (κ3) is 1.64. The molecular weight excluding hydrogens is 190 g/mol. The molecule has 2 aromatic rings. The molecule has 0 unspecified atom stereocenters. The van der Waals surface area contributed by atoms with Crippen molar-refractivity contribution in [2.75, 3.05) is 0 Å². The Hall–Kier alpha value is -1.68. The number of hydrogen-bond acceptors (Lipinski definition) is 3. The van der Waals surface area contributed by atoms with Crippen LogP contribution < -0.4 is 0 Å². The van der Waals surface area contributed by atoms with Crippen LogP contribution in [0.15, 0.2) is 24.3 Å². The van der Waals surface area contributed by atoms with Crippen molar-refractivity contribution in [2.24, 2.45) is 7.05 Å². The molecule has 0 atom stereocenters. The number of aliphatic hydroxyl groups is 1. The molecule has 78 valence electrons. The number of nitrogens with zero attached hydrogens (tertiary/aromatic N) is 3. The molecule has 0 bridgehead atoms. The largest absolute Gasteiger partial charge is 0.390 e. The Kier molecular flexibility index (Phi) is 2.51. The third-order valence-corrected chi connectivity index (χ3v) is 2.45. The van der Waals surface area contributed by atoms with Crippen molar-refractivity contribution in [3.63, 3.8) is 0 Å². The molecule has 1 aromatic carbocycles. The first-order valence-electron chi connectivity index (χ1n) is 4.79. The fourth-order valence-corrected chi connectivity index (χ4v) is 1.67. The lowest BCUT2D eigenvalue weighted by atomic mass is 10.0. The molecule has 2 rings (SSSR count). The number of aliphatic hydroxyl groups excluding tert-OH is 1. The zero-order valence-corrected chi connectivity index (χ0v) is 8.81. The topological polar surface area (TPSA) is 50.9 Å². The van der Waals surface area contributed by atoms with E-state index in [1.807, 2.05) is 38.2 Å². The molecule has 0 amide bonds. The van der Waals surface area contributed by atoms with E-state index < -0.39 is 0 Å². The normalized spacial score (nSPS) is 10.6. The highest BCUT2D eigenvalue weighted by Crippen LogP contribution is 2.24. The number of aromatic nitrogens is 3. The summed E-state index contributed by atoms with van der Waals surface area (Å²) in [6.07, 6.45) is 0. The molecule has 4 heteroatoms. The van der Waals surface area contributed by atoms with E-state index >= 15 is 0 Å². The van der Waals surface area contributed by atoms with Crippen LogP contribution in [0.5, 0.6) is 0 Å². The van der Waals surface area contributed by atoms with Crippen LogP contribution >= 0.6 is 0 Å². The first kappa shape index (κ1) is 9.86. The van der Waals surface area contributed by atoms with Crippen molar-refractivity contribution >= 4 is 0 Å². The Bertz CT molecular complexity index is 476. The van der Waals surface area contributed by atoms with Gasteiger partial charge in [0.15, 0.2) is 0 Å². The summed E-state index contributed by atoms with van der Waals surface area (Å²) in [5.41, 5.74) is 3.72. The quantitative estimate of drug-likeness (QED) is 0.800. The monoisotopic (exact) mass is 203 g/mol. The zero-order chi connectivity index (χ0) is 10.8. The molecule has 0 spiro atoms. The van der Waals surface area contributed by atoms with Crippen LogP contribution in [0.1, 0.15) is 11.3 Å². The summed E-state index contributed by atoms with van der Waals surface area (Å²) in [4.78, 5) is 0. The van der Waals surface area contributed by atoms with E-state index in [0.717, 1.165) is 16.8 Å². The van der Waals surface area contributed by atoms with Gasteiger partial charge >= 0.3 is 0 Å². The first-order chi connectivity index (χ1) is 7.24. The predicted molar refractivity (Wildman–Crippen MR) is 57.1 cm³/mol. The SMILES string of the molecule is Cc1ccccc1-c1c(CO)nnn1C. The summed E-state index contributed by atoms with van der Waals surface area (Å²) in [5.74, 6) is 0. The maximum atomic E-state index is 9.17. The van der Waals surface area contributed by atoms with Crippen LogP contribution in [0.4, 0.5) is 0 Å². The van der Waals surface area contributed by atoms with E-state index in [-0.39, 0.29) is 6.61 Å². The average molecular weight is 203 g/mol. The fraction of sp³-hybridized carbons (Fsp3) is 0.273. The Morgan fingerprint density at radius 2 is 2.07 bits per heavy atom. The molecule has 1 N–H and O–H groups in total. The van der Waals surface area contributed by atoms with Gasteiger partial charge in [0.25, 0.3) is 0 Å². The first-order valence-corrected chi connectivity index (χ1v) is 4.79. The number of aryl methyl sites for hydroxylation is 2. The van der Waals surface area contributed by atoms with Gasteiger partial charge in [-0.1, -0.05) is 29.5 Å². The van der Waals surface area contributed by atoms with Crippen molar-refractivity contribution in [3.05, 3.63) is 35.5 Å². The molecule has 0 aliphatic rings. The van der Waals surface area contributed by atoms with E-state index in [1.54, 1.807) is 4.68 Å². The van der Waals surface area contributed by atoms with E-state index in [1.165, 1.54) is 0 Å². The summed E-state index contributed by atoms with van der Waals surface area (Å²) >= 11 is 0. The number of benzene rings is 1. The van der Waals surface area contributed by atoms with Gasteiger partial charge in [-0.25, -0.2) is 4.68 Å². The second kappa shape index (κ2) is 3.82. The van der Waals surface area contributed by atoms with Crippen LogP contribution in [0.25, 0.3) is 11.3 Å². The minimum atomic E-state index is -0.0858. The summed E-state index contributed by atoms with van der Waals surface area (Å²) in [7, 11) is 1.83. The molecular formula is C11H13N3O. The van der Waals surface area contributed by atoms with Gasteiger partial charge < -0.3 is 5.11 Å². The van der Waals surface area contributed by atoms with Crippen molar-refractivity contribution < 1.29 is 5.11 Å². The van der Waals surface area contributed by atoms with Gasteiger partial charge in [-0.15, -0.1) is 5.10 Å².